The zero-order valence-electron chi connectivity index (χ0n) is 15.1. The lowest BCUT2D eigenvalue weighted by atomic mass is 9.89. The number of benzene rings is 1. The second kappa shape index (κ2) is 6.83. The van der Waals surface area contributed by atoms with Crippen LogP contribution < -0.4 is 10.1 Å². The second-order valence-corrected chi connectivity index (χ2v) is 7.19. The summed E-state index contributed by atoms with van der Waals surface area (Å²) in [6.07, 6.45) is 5.28. The van der Waals surface area contributed by atoms with Crippen molar-refractivity contribution in [1.29, 1.82) is 0 Å². The number of pyridine rings is 1. The third-order valence-electron chi connectivity index (χ3n) is 4.95. The Morgan fingerprint density at radius 3 is 2.69 bits per heavy atom. The van der Waals surface area contributed by atoms with Crippen molar-refractivity contribution in [3.05, 3.63) is 66.0 Å². The summed E-state index contributed by atoms with van der Waals surface area (Å²) in [6.45, 7) is 4.36. The fourth-order valence-corrected chi connectivity index (χ4v) is 3.28. The normalized spacial score (nSPS) is 19.3. The number of hydrogen-bond acceptors (Lipinski definition) is 3. The van der Waals surface area contributed by atoms with Crippen molar-refractivity contribution in [3.63, 3.8) is 0 Å². The predicted molar refractivity (Wildman–Crippen MR) is 101 cm³/mol. The fourth-order valence-electron chi connectivity index (χ4n) is 3.28. The van der Waals surface area contributed by atoms with Gasteiger partial charge in [0, 0.05) is 25.1 Å². The van der Waals surface area contributed by atoms with Gasteiger partial charge in [0.25, 0.3) is 5.91 Å². The molecule has 2 aromatic heterocycles. The van der Waals surface area contributed by atoms with Gasteiger partial charge >= 0.3 is 0 Å². The lowest BCUT2D eigenvalue weighted by Crippen LogP contribution is -2.48. The van der Waals surface area contributed by atoms with E-state index in [2.05, 4.69) is 36.4 Å². The molecule has 1 N–H and O–H groups in total. The van der Waals surface area contributed by atoms with E-state index in [1.54, 1.807) is 10.7 Å². The predicted octanol–water partition coefficient (Wildman–Crippen LogP) is 3.80. The molecule has 0 unspecified atom stereocenters. The Kier molecular flexibility index (Phi) is 4.37. The molecule has 1 amide bonds. The number of carbonyl (C=O) groups is 1. The van der Waals surface area contributed by atoms with Gasteiger partial charge in [-0.2, -0.15) is 5.10 Å². The molecule has 1 saturated carbocycles. The summed E-state index contributed by atoms with van der Waals surface area (Å²) < 4.78 is 7.70. The van der Waals surface area contributed by atoms with Crippen LogP contribution in [0.3, 0.4) is 0 Å². The first-order valence-corrected chi connectivity index (χ1v) is 9.10. The highest BCUT2D eigenvalue weighted by atomic mass is 16.5. The number of carbonyl (C=O) groups excluding carboxylic acids is 1. The molecule has 1 fully saturated rings. The Balaban J connectivity index is 1.30. The average molecular weight is 349 g/mol. The van der Waals surface area contributed by atoms with Gasteiger partial charge in [0.05, 0.1) is 17.3 Å². The van der Waals surface area contributed by atoms with Crippen LogP contribution in [0, 0.1) is 0 Å². The van der Waals surface area contributed by atoms with Crippen molar-refractivity contribution in [2.24, 2.45) is 0 Å². The maximum Gasteiger partial charge on any atom is 0.255 e. The van der Waals surface area contributed by atoms with Gasteiger partial charge in [-0.1, -0.05) is 32.0 Å². The van der Waals surface area contributed by atoms with Crippen LogP contribution in [0.15, 0.2) is 54.9 Å². The summed E-state index contributed by atoms with van der Waals surface area (Å²) >= 11 is 0. The highest BCUT2D eigenvalue weighted by Crippen LogP contribution is 2.27. The molecule has 1 aromatic carbocycles. The zero-order chi connectivity index (χ0) is 18.1. The Morgan fingerprint density at radius 1 is 1.19 bits per heavy atom. The first-order chi connectivity index (χ1) is 12.6. The van der Waals surface area contributed by atoms with Crippen molar-refractivity contribution in [2.45, 2.75) is 44.8 Å². The van der Waals surface area contributed by atoms with Crippen LogP contribution in [-0.4, -0.2) is 27.7 Å². The molecule has 5 nitrogen and oxygen atoms in total. The van der Waals surface area contributed by atoms with Gasteiger partial charge in [0.15, 0.2) is 0 Å². The third kappa shape index (κ3) is 3.29. The Hall–Kier alpha value is -2.82. The lowest BCUT2D eigenvalue weighted by Gasteiger charge is -2.35. The average Bonchev–Trinajstić information content (AvgIpc) is 3.04. The maximum absolute atomic E-state index is 12.5. The van der Waals surface area contributed by atoms with Crippen molar-refractivity contribution in [1.82, 2.24) is 14.9 Å². The molecule has 0 aliphatic heterocycles. The zero-order valence-corrected chi connectivity index (χ0v) is 15.1. The van der Waals surface area contributed by atoms with Crippen LogP contribution >= 0.6 is 0 Å². The molecule has 0 atom stereocenters. The van der Waals surface area contributed by atoms with Gasteiger partial charge in [-0.25, -0.2) is 4.52 Å². The van der Waals surface area contributed by atoms with E-state index in [1.165, 1.54) is 5.56 Å². The first-order valence-electron chi connectivity index (χ1n) is 9.10. The topological polar surface area (TPSA) is 55.6 Å². The van der Waals surface area contributed by atoms with Gasteiger partial charge in [-0.05, 0) is 35.7 Å². The highest BCUT2D eigenvalue weighted by Gasteiger charge is 2.32. The number of nitrogens with one attached hydrogen (secondary N) is 1. The van der Waals surface area contributed by atoms with Gasteiger partial charge in [0.1, 0.15) is 11.9 Å². The quantitative estimate of drug-likeness (QED) is 0.762. The highest BCUT2D eigenvalue weighted by molar-refractivity contribution is 6.00. The molecule has 0 radical (unpaired) electrons. The van der Waals surface area contributed by atoms with E-state index < -0.39 is 0 Å². The number of ether oxygens (including phenoxy) is 1. The summed E-state index contributed by atoms with van der Waals surface area (Å²) in [7, 11) is 0. The first kappa shape index (κ1) is 16.6. The van der Waals surface area contributed by atoms with Crippen molar-refractivity contribution >= 4 is 11.4 Å². The van der Waals surface area contributed by atoms with E-state index in [9.17, 15) is 4.79 Å². The monoisotopic (exact) mass is 349 g/mol. The van der Waals surface area contributed by atoms with E-state index >= 15 is 0 Å². The van der Waals surface area contributed by atoms with Crippen LogP contribution in [0.1, 0.15) is 48.5 Å². The molecule has 3 aromatic rings. The molecule has 5 heteroatoms. The smallest absolute Gasteiger partial charge is 0.255 e. The molecule has 4 rings (SSSR count). The standard InChI is InChI=1S/C21H23N3O2/c1-14(2)15-6-8-17(9-7-15)26-18-11-16(12-18)23-21(25)19-13-22-24-10-4-3-5-20(19)24/h3-10,13-14,16,18H,11-12H2,1-2H3,(H,23,25). The number of hydrogen-bond donors (Lipinski definition) is 1. The number of aromatic nitrogens is 2. The SMILES string of the molecule is CC(C)c1ccc(OC2CC(NC(=O)c3cnn4ccccc34)C2)cc1. The summed E-state index contributed by atoms with van der Waals surface area (Å²) in [5.41, 5.74) is 2.74. The molecule has 1 aliphatic carbocycles. The van der Waals surface area contributed by atoms with Crippen LogP contribution in [0.2, 0.25) is 0 Å². The molecule has 0 spiro atoms. The van der Waals surface area contributed by atoms with Crippen LogP contribution in [0.4, 0.5) is 0 Å². The van der Waals surface area contributed by atoms with E-state index in [0.29, 0.717) is 11.5 Å². The van der Waals surface area contributed by atoms with Gasteiger partial charge in [-0.3, -0.25) is 4.79 Å². The Morgan fingerprint density at radius 2 is 1.96 bits per heavy atom. The molecule has 26 heavy (non-hydrogen) atoms. The minimum atomic E-state index is -0.0732. The number of rotatable bonds is 5. The summed E-state index contributed by atoms with van der Waals surface area (Å²) in [4.78, 5) is 12.5. The van der Waals surface area contributed by atoms with Crippen molar-refractivity contribution in [2.75, 3.05) is 0 Å². The summed E-state index contributed by atoms with van der Waals surface area (Å²) in [5, 5.41) is 7.29. The van der Waals surface area contributed by atoms with E-state index in [1.807, 2.05) is 36.5 Å². The molecule has 1 aliphatic rings. The van der Waals surface area contributed by atoms with Crippen LogP contribution in [0.25, 0.3) is 5.52 Å². The Labute approximate surface area is 153 Å². The summed E-state index contributed by atoms with van der Waals surface area (Å²) in [5.74, 6) is 1.34. The minimum Gasteiger partial charge on any atom is -0.490 e. The van der Waals surface area contributed by atoms with E-state index in [-0.39, 0.29) is 18.1 Å². The van der Waals surface area contributed by atoms with E-state index in [0.717, 1.165) is 24.1 Å². The minimum absolute atomic E-state index is 0.0732. The Bertz CT molecular complexity index is 908. The molecule has 134 valence electrons. The molecular weight excluding hydrogens is 326 g/mol. The maximum atomic E-state index is 12.5. The van der Waals surface area contributed by atoms with Crippen molar-refractivity contribution in [3.8, 4) is 5.75 Å². The summed E-state index contributed by atoms with van der Waals surface area (Å²) in [6, 6.07) is 14.1. The largest absolute Gasteiger partial charge is 0.490 e. The van der Waals surface area contributed by atoms with Crippen LogP contribution in [-0.2, 0) is 0 Å². The van der Waals surface area contributed by atoms with Crippen LogP contribution in [0.5, 0.6) is 5.75 Å². The molecule has 0 bridgehead atoms. The number of amides is 1. The van der Waals surface area contributed by atoms with E-state index in [4.69, 9.17) is 4.74 Å². The molecule has 2 heterocycles. The second-order valence-electron chi connectivity index (χ2n) is 7.19. The molecule has 0 saturated heterocycles. The molecular formula is C21H23N3O2. The van der Waals surface area contributed by atoms with Gasteiger partial charge in [0.2, 0.25) is 0 Å². The van der Waals surface area contributed by atoms with Crippen molar-refractivity contribution < 1.29 is 9.53 Å². The fraction of sp³-hybridized carbons (Fsp3) is 0.333. The van der Waals surface area contributed by atoms with Gasteiger partial charge in [-0.15, -0.1) is 0 Å². The number of fused-ring (bicyclic) bond motifs is 1. The third-order valence-corrected chi connectivity index (χ3v) is 4.95. The lowest BCUT2D eigenvalue weighted by molar-refractivity contribution is 0.0702. The van der Waals surface area contributed by atoms with Gasteiger partial charge < -0.3 is 10.1 Å². The number of nitrogens with zero attached hydrogens (tertiary/aromatic N) is 2.